The summed E-state index contributed by atoms with van der Waals surface area (Å²) in [5, 5.41) is 9.18. The van der Waals surface area contributed by atoms with Crippen molar-refractivity contribution in [2.45, 2.75) is 46.0 Å². The Morgan fingerprint density at radius 3 is 2.56 bits per heavy atom. The van der Waals surface area contributed by atoms with Gasteiger partial charge < -0.3 is 5.11 Å². The van der Waals surface area contributed by atoms with Gasteiger partial charge in [0.2, 0.25) is 0 Å². The second kappa shape index (κ2) is 6.55. The lowest BCUT2D eigenvalue weighted by atomic mass is 9.73. The van der Waals surface area contributed by atoms with E-state index >= 15 is 0 Å². The lowest BCUT2D eigenvalue weighted by Gasteiger charge is -2.32. The highest BCUT2D eigenvalue weighted by Gasteiger charge is 2.33. The molecule has 1 aliphatic carbocycles. The molecular weight excluding hydrogens is 252 g/mol. The zero-order chi connectivity index (χ0) is 13.8. The third kappa shape index (κ3) is 4.59. The number of carboxylic acid groups (broad SMARTS) is 1. The molecule has 0 aromatic rings. The maximum absolute atomic E-state index is 11.4. The maximum atomic E-state index is 11.4. The molecule has 0 spiro atoms. The van der Waals surface area contributed by atoms with Gasteiger partial charge in [0.05, 0.1) is 11.7 Å². The number of hydrogen-bond acceptors (Lipinski definition) is 3. The molecule has 106 valence electrons. The van der Waals surface area contributed by atoms with Crippen LogP contribution in [0, 0.1) is 17.8 Å². The molecule has 1 N–H and O–H groups in total. The summed E-state index contributed by atoms with van der Waals surface area (Å²) in [5.41, 5.74) is 0. The van der Waals surface area contributed by atoms with Gasteiger partial charge in [0.25, 0.3) is 0 Å². The predicted molar refractivity (Wildman–Crippen MR) is 71.2 cm³/mol. The molecule has 0 amide bonds. The van der Waals surface area contributed by atoms with Gasteiger partial charge in [0.1, 0.15) is 9.84 Å². The van der Waals surface area contributed by atoms with Crippen LogP contribution in [0.5, 0.6) is 0 Å². The van der Waals surface area contributed by atoms with E-state index in [0.717, 1.165) is 25.7 Å². The van der Waals surface area contributed by atoms with Crippen LogP contribution in [-0.4, -0.2) is 31.0 Å². The summed E-state index contributed by atoms with van der Waals surface area (Å²) in [7, 11) is -2.92. The zero-order valence-corrected chi connectivity index (χ0v) is 12.1. The van der Waals surface area contributed by atoms with Crippen LogP contribution in [0.1, 0.15) is 46.0 Å². The lowest BCUT2D eigenvalue weighted by molar-refractivity contribution is -0.145. The molecule has 1 saturated carbocycles. The Kier molecular flexibility index (Phi) is 5.63. The first-order valence-corrected chi connectivity index (χ1v) is 8.61. The Hall–Kier alpha value is -0.580. The molecule has 1 fully saturated rings. The topological polar surface area (TPSA) is 71.4 Å². The lowest BCUT2D eigenvalue weighted by Crippen LogP contribution is -2.30. The summed E-state index contributed by atoms with van der Waals surface area (Å²) < 4.78 is 22.8. The van der Waals surface area contributed by atoms with Gasteiger partial charge in [0.15, 0.2) is 0 Å². The quantitative estimate of drug-likeness (QED) is 0.808. The molecule has 0 saturated heterocycles. The average molecular weight is 276 g/mol. The Balaban J connectivity index is 2.49. The molecule has 0 aromatic carbocycles. The van der Waals surface area contributed by atoms with E-state index < -0.39 is 15.8 Å². The van der Waals surface area contributed by atoms with Gasteiger partial charge in [-0.05, 0) is 43.9 Å². The van der Waals surface area contributed by atoms with Crippen molar-refractivity contribution >= 4 is 15.8 Å². The van der Waals surface area contributed by atoms with Crippen molar-refractivity contribution in [3.63, 3.8) is 0 Å². The van der Waals surface area contributed by atoms with Crippen molar-refractivity contribution in [3.8, 4) is 0 Å². The zero-order valence-electron chi connectivity index (χ0n) is 11.3. The second-order valence-corrected chi connectivity index (χ2v) is 7.97. The minimum atomic E-state index is -2.92. The second-order valence-electron chi connectivity index (χ2n) is 5.50. The predicted octanol–water partition coefficient (Wildman–Crippen LogP) is 2.34. The molecule has 4 nitrogen and oxygen atoms in total. The average Bonchev–Trinajstić information content (AvgIpc) is 2.28. The molecule has 3 unspecified atom stereocenters. The fraction of sp³-hybridized carbons (Fsp3) is 0.923. The van der Waals surface area contributed by atoms with Gasteiger partial charge in [-0.2, -0.15) is 0 Å². The summed E-state index contributed by atoms with van der Waals surface area (Å²) in [6, 6.07) is 0. The van der Waals surface area contributed by atoms with Crippen LogP contribution in [0.15, 0.2) is 0 Å². The summed E-state index contributed by atoms with van der Waals surface area (Å²) >= 11 is 0. The van der Waals surface area contributed by atoms with Crippen LogP contribution in [0.4, 0.5) is 0 Å². The van der Waals surface area contributed by atoms with Gasteiger partial charge in [-0.3, -0.25) is 4.79 Å². The Morgan fingerprint density at radius 1 is 1.33 bits per heavy atom. The van der Waals surface area contributed by atoms with E-state index in [4.69, 9.17) is 0 Å². The first-order chi connectivity index (χ1) is 8.35. The molecule has 0 aromatic heterocycles. The fourth-order valence-electron chi connectivity index (χ4n) is 2.85. The molecule has 3 atom stereocenters. The molecule has 5 heteroatoms. The van der Waals surface area contributed by atoms with Crippen LogP contribution >= 0.6 is 0 Å². The largest absolute Gasteiger partial charge is 0.481 e. The van der Waals surface area contributed by atoms with Gasteiger partial charge in [-0.1, -0.05) is 13.8 Å². The normalized spacial score (nSPS) is 29.1. The third-order valence-electron chi connectivity index (χ3n) is 4.03. The molecule has 18 heavy (non-hydrogen) atoms. The number of sulfone groups is 1. The van der Waals surface area contributed by atoms with Crippen LogP contribution in [-0.2, 0) is 14.6 Å². The van der Waals surface area contributed by atoms with Crippen molar-refractivity contribution in [1.82, 2.24) is 0 Å². The number of hydrogen-bond donors (Lipinski definition) is 1. The van der Waals surface area contributed by atoms with Gasteiger partial charge in [-0.15, -0.1) is 0 Å². The van der Waals surface area contributed by atoms with Crippen molar-refractivity contribution in [1.29, 1.82) is 0 Å². The van der Waals surface area contributed by atoms with E-state index in [1.54, 1.807) is 6.92 Å². The number of rotatable bonds is 6. The van der Waals surface area contributed by atoms with E-state index in [1.807, 2.05) is 0 Å². The number of aliphatic carboxylic acids is 1. The molecule has 0 aliphatic heterocycles. The van der Waals surface area contributed by atoms with E-state index in [-0.39, 0.29) is 23.3 Å². The van der Waals surface area contributed by atoms with Gasteiger partial charge in [-0.25, -0.2) is 8.42 Å². The minimum Gasteiger partial charge on any atom is -0.481 e. The first-order valence-electron chi connectivity index (χ1n) is 6.79. The highest BCUT2D eigenvalue weighted by molar-refractivity contribution is 7.91. The van der Waals surface area contributed by atoms with Crippen LogP contribution in [0.3, 0.4) is 0 Å². The third-order valence-corrected chi connectivity index (χ3v) is 5.82. The van der Waals surface area contributed by atoms with E-state index in [0.29, 0.717) is 12.3 Å². The molecular formula is C13H24O4S. The van der Waals surface area contributed by atoms with Crippen LogP contribution in [0.2, 0.25) is 0 Å². The van der Waals surface area contributed by atoms with E-state index in [9.17, 15) is 18.3 Å². The highest BCUT2D eigenvalue weighted by Crippen LogP contribution is 2.36. The van der Waals surface area contributed by atoms with Crippen molar-refractivity contribution in [2.24, 2.45) is 17.8 Å². The Morgan fingerprint density at radius 2 is 2.00 bits per heavy atom. The molecule has 0 radical (unpaired) electrons. The summed E-state index contributed by atoms with van der Waals surface area (Å²) in [5.74, 6) is 0.0967. The van der Waals surface area contributed by atoms with Gasteiger partial charge >= 0.3 is 5.97 Å². The van der Waals surface area contributed by atoms with Crippen molar-refractivity contribution < 1.29 is 18.3 Å². The fourth-order valence-corrected chi connectivity index (χ4v) is 3.75. The summed E-state index contributed by atoms with van der Waals surface area (Å²) in [6.07, 6.45) is 3.95. The molecule has 1 aliphatic rings. The Bertz CT molecular complexity index is 374. The van der Waals surface area contributed by atoms with E-state index in [2.05, 4.69) is 6.92 Å². The van der Waals surface area contributed by atoms with Crippen molar-refractivity contribution in [2.75, 3.05) is 11.5 Å². The standard InChI is InChI=1S/C13H24O4S/c1-3-18(16,17)8-4-5-11-9-10(2)6-7-12(11)13(14)15/h10-12H,3-9H2,1-2H3,(H,14,15). The summed E-state index contributed by atoms with van der Waals surface area (Å²) in [4.78, 5) is 11.2. The van der Waals surface area contributed by atoms with Crippen LogP contribution in [0.25, 0.3) is 0 Å². The van der Waals surface area contributed by atoms with E-state index in [1.165, 1.54) is 0 Å². The monoisotopic (exact) mass is 276 g/mol. The van der Waals surface area contributed by atoms with Gasteiger partial charge in [0, 0.05) is 5.75 Å². The molecule has 1 rings (SSSR count). The first kappa shape index (κ1) is 15.5. The van der Waals surface area contributed by atoms with Crippen molar-refractivity contribution in [3.05, 3.63) is 0 Å². The molecule has 0 bridgehead atoms. The highest BCUT2D eigenvalue weighted by atomic mass is 32.2. The Labute approximate surface area is 110 Å². The number of carboxylic acids is 1. The summed E-state index contributed by atoms with van der Waals surface area (Å²) in [6.45, 7) is 3.80. The maximum Gasteiger partial charge on any atom is 0.306 e. The SMILES string of the molecule is CCS(=O)(=O)CCCC1CC(C)CCC1C(=O)O. The minimum absolute atomic E-state index is 0.151. The molecule has 0 heterocycles. The number of carbonyl (C=O) groups is 1. The van der Waals surface area contributed by atoms with Crippen LogP contribution < -0.4 is 0 Å². The smallest absolute Gasteiger partial charge is 0.306 e.